The third kappa shape index (κ3) is 2.02. The van der Waals surface area contributed by atoms with Crippen molar-refractivity contribution in [3.05, 3.63) is 29.8 Å². The first kappa shape index (κ1) is 11.0. The molecule has 0 saturated carbocycles. The summed E-state index contributed by atoms with van der Waals surface area (Å²) in [5.74, 6) is -0.271. The smallest absolute Gasteiger partial charge is 0.308 e. The van der Waals surface area contributed by atoms with E-state index in [0.29, 0.717) is 6.42 Å². The third-order valence-corrected chi connectivity index (χ3v) is 3.01. The van der Waals surface area contributed by atoms with Crippen LogP contribution in [0.3, 0.4) is 0 Å². The van der Waals surface area contributed by atoms with Crippen LogP contribution in [0.1, 0.15) is 18.0 Å². The number of hydrogen-bond donors (Lipinski definition) is 2. The average Bonchev–Trinajstić information content (AvgIpc) is 2.78. The van der Waals surface area contributed by atoms with Crippen molar-refractivity contribution in [3.8, 4) is 5.75 Å². The van der Waals surface area contributed by atoms with Crippen LogP contribution in [0.5, 0.6) is 5.75 Å². The molecule has 0 bridgehead atoms. The molecule has 4 nitrogen and oxygen atoms in total. The van der Waals surface area contributed by atoms with Gasteiger partial charge in [0, 0.05) is 6.04 Å². The van der Waals surface area contributed by atoms with Crippen LogP contribution < -0.4 is 10.1 Å². The highest BCUT2D eigenvalue weighted by atomic mass is 16.5. The van der Waals surface area contributed by atoms with Gasteiger partial charge in [0.1, 0.15) is 5.75 Å². The molecule has 1 aromatic carbocycles. The maximum atomic E-state index is 11.0. The predicted molar refractivity (Wildman–Crippen MR) is 59.5 cm³/mol. The molecule has 1 aromatic rings. The van der Waals surface area contributed by atoms with Gasteiger partial charge in [0.05, 0.1) is 13.0 Å². The van der Waals surface area contributed by atoms with E-state index < -0.39 is 5.97 Å². The molecular formula is C12H15NO3. The van der Waals surface area contributed by atoms with Crippen LogP contribution >= 0.6 is 0 Å². The Bertz CT molecular complexity index is 374. The van der Waals surface area contributed by atoms with Crippen molar-refractivity contribution in [2.75, 3.05) is 13.7 Å². The average molecular weight is 221 g/mol. The third-order valence-electron chi connectivity index (χ3n) is 3.01. The zero-order chi connectivity index (χ0) is 11.5. The van der Waals surface area contributed by atoms with Crippen LogP contribution in [0.15, 0.2) is 24.3 Å². The lowest BCUT2D eigenvalue weighted by Gasteiger charge is -2.16. The Morgan fingerprint density at radius 1 is 1.44 bits per heavy atom. The van der Waals surface area contributed by atoms with Gasteiger partial charge < -0.3 is 15.2 Å². The molecule has 0 aliphatic carbocycles. The van der Waals surface area contributed by atoms with Crippen molar-refractivity contribution in [2.24, 2.45) is 5.92 Å². The van der Waals surface area contributed by atoms with Crippen molar-refractivity contribution >= 4 is 5.97 Å². The summed E-state index contributed by atoms with van der Waals surface area (Å²) in [5, 5.41) is 12.3. The Kier molecular flexibility index (Phi) is 3.10. The summed E-state index contributed by atoms with van der Waals surface area (Å²) in [6, 6.07) is 7.46. The summed E-state index contributed by atoms with van der Waals surface area (Å²) in [4.78, 5) is 11.0. The van der Waals surface area contributed by atoms with Gasteiger partial charge in [-0.05, 0) is 30.7 Å². The van der Waals surface area contributed by atoms with E-state index in [1.54, 1.807) is 7.11 Å². The molecule has 1 saturated heterocycles. The number of benzene rings is 1. The minimum absolute atomic E-state index is 0.0802. The Morgan fingerprint density at radius 3 is 2.69 bits per heavy atom. The van der Waals surface area contributed by atoms with E-state index in [1.807, 2.05) is 24.3 Å². The highest BCUT2D eigenvalue weighted by molar-refractivity contribution is 5.71. The molecular weight excluding hydrogens is 206 g/mol. The molecule has 1 aliphatic rings. The highest BCUT2D eigenvalue weighted by Crippen LogP contribution is 2.30. The molecule has 1 aliphatic heterocycles. The van der Waals surface area contributed by atoms with E-state index in [2.05, 4.69) is 5.32 Å². The van der Waals surface area contributed by atoms with Gasteiger partial charge in [-0.1, -0.05) is 12.1 Å². The molecule has 2 rings (SSSR count). The van der Waals surface area contributed by atoms with Crippen molar-refractivity contribution in [1.82, 2.24) is 5.32 Å². The minimum atomic E-state index is -0.731. The fourth-order valence-corrected chi connectivity index (χ4v) is 2.13. The molecule has 1 fully saturated rings. The zero-order valence-corrected chi connectivity index (χ0v) is 9.14. The van der Waals surface area contributed by atoms with Gasteiger partial charge in [-0.3, -0.25) is 4.79 Å². The molecule has 86 valence electrons. The van der Waals surface area contributed by atoms with E-state index >= 15 is 0 Å². The first-order chi connectivity index (χ1) is 7.72. The van der Waals surface area contributed by atoms with Crippen LogP contribution in [-0.4, -0.2) is 24.7 Å². The summed E-state index contributed by atoms with van der Waals surface area (Å²) in [6.07, 6.45) is 0.687. The number of hydrogen-bond acceptors (Lipinski definition) is 3. The molecule has 0 unspecified atom stereocenters. The number of nitrogens with one attached hydrogen (secondary N) is 1. The molecule has 2 atom stereocenters. The molecule has 4 heteroatoms. The molecule has 0 aromatic heterocycles. The Labute approximate surface area is 94.2 Å². The van der Waals surface area contributed by atoms with E-state index in [9.17, 15) is 4.79 Å². The second kappa shape index (κ2) is 4.53. The summed E-state index contributed by atoms with van der Waals surface area (Å²) < 4.78 is 5.07. The Balaban J connectivity index is 2.19. The van der Waals surface area contributed by atoms with Gasteiger partial charge in [-0.15, -0.1) is 0 Å². The second-order valence-electron chi connectivity index (χ2n) is 3.94. The summed E-state index contributed by atoms with van der Waals surface area (Å²) >= 11 is 0. The molecule has 0 amide bonds. The van der Waals surface area contributed by atoms with Crippen molar-refractivity contribution in [2.45, 2.75) is 12.5 Å². The second-order valence-corrected chi connectivity index (χ2v) is 3.94. The zero-order valence-electron chi connectivity index (χ0n) is 9.14. The van der Waals surface area contributed by atoms with Crippen LogP contribution in [0.25, 0.3) is 0 Å². The lowest BCUT2D eigenvalue weighted by Crippen LogP contribution is -2.23. The van der Waals surface area contributed by atoms with Crippen molar-refractivity contribution in [1.29, 1.82) is 0 Å². The van der Waals surface area contributed by atoms with Gasteiger partial charge in [0.15, 0.2) is 0 Å². The number of ether oxygens (including phenoxy) is 1. The predicted octanol–water partition coefficient (Wildman–Crippen LogP) is 1.43. The maximum absolute atomic E-state index is 11.0. The van der Waals surface area contributed by atoms with E-state index in [0.717, 1.165) is 17.9 Å². The molecule has 16 heavy (non-hydrogen) atoms. The summed E-state index contributed by atoms with van der Waals surface area (Å²) in [6.45, 7) is 0.758. The van der Waals surface area contributed by atoms with Gasteiger partial charge in [-0.2, -0.15) is 0 Å². The van der Waals surface area contributed by atoms with Crippen molar-refractivity contribution < 1.29 is 14.6 Å². The minimum Gasteiger partial charge on any atom is -0.497 e. The molecule has 0 radical (unpaired) electrons. The van der Waals surface area contributed by atoms with Gasteiger partial charge >= 0.3 is 5.97 Å². The molecule has 1 heterocycles. The van der Waals surface area contributed by atoms with Gasteiger partial charge in [0.2, 0.25) is 0 Å². The van der Waals surface area contributed by atoms with E-state index in [1.165, 1.54) is 0 Å². The molecule has 0 spiro atoms. The van der Waals surface area contributed by atoms with Crippen LogP contribution in [-0.2, 0) is 4.79 Å². The number of carbonyl (C=O) groups is 1. The topological polar surface area (TPSA) is 58.6 Å². The summed E-state index contributed by atoms with van der Waals surface area (Å²) in [5.41, 5.74) is 1.01. The number of rotatable bonds is 3. The molecule has 2 N–H and O–H groups in total. The van der Waals surface area contributed by atoms with E-state index in [-0.39, 0.29) is 12.0 Å². The number of carboxylic acid groups (broad SMARTS) is 1. The van der Waals surface area contributed by atoms with Crippen molar-refractivity contribution in [3.63, 3.8) is 0 Å². The largest absolute Gasteiger partial charge is 0.497 e. The quantitative estimate of drug-likeness (QED) is 0.810. The first-order valence-corrected chi connectivity index (χ1v) is 5.32. The van der Waals surface area contributed by atoms with Crippen LogP contribution in [0.2, 0.25) is 0 Å². The standard InChI is InChI=1S/C12H15NO3/c1-16-9-4-2-8(3-5-9)11-10(12(14)15)6-7-13-11/h2-5,10-11,13H,6-7H2,1H3,(H,14,15)/t10-,11+/m0/s1. The van der Waals surface area contributed by atoms with Crippen LogP contribution in [0, 0.1) is 5.92 Å². The monoisotopic (exact) mass is 221 g/mol. The number of carboxylic acids is 1. The Morgan fingerprint density at radius 2 is 2.12 bits per heavy atom. The lowest BCUT2D eigenvalue weighted by atomic mass is 9.94. The lowest BCUT2D eigenvalue weighted by molar-refractivity contribution is -0.142. The highest BCUT2D eigenvalue weighted by Gasteiger charge is 2.33. The SMILES string of the molecule is COc1ccc([C@H]2NCC[C@@H]2C(=O)O)cc1. The van der Waals surface area contributed by atoms with Gasteiger partial charge in [-0.25, -0.2) is 0 Å². The van der Waals surface area contributed by atoms with Gasteiger partial charge in [0.25, 0.3) is 0 Å². The van der Waals surface area contributed by atoms with E-state index in [4.69, 9.17) is 9.84 Å². The fourth-order valence-electron chi connectivity index (χ4n) is 2.13. The fraction of sp³-hybridized carbons (Fsp3) is 0.417. The maximum Gasteiger partial charge on any atom is 0.308 e. The summed E-state index contributed by atoms with van der Waals surface area (Å²) in [7, 11) is 1.61. The number of aliphatic carboxylic acids is 1. The van der Waals surface area contributed by atoms with Crippen LogP contribution in [0.4, 0.5) is 0 Å². The first-order valence-electron chi connectivity index (χ1n) is 5.32. The number of methoxy groups -OCH3 is 1. The normalized spacial score (nSPS) is 24.3. The Hall–Kier alpha value is -1.55.